The van der Waals surface area contributed by atoms with Crippen LogP contribution in [0.3, 0.4) is 0 Å². The third-order valence-electron chi connectivity index (χ3n) is 1.93. The van der Waals surface area contributed by atoms with Crippen molar-refractivity contribution in [3.63, 3.8) is 0 Å². The molecule has 0 atom stereocenters. The molecule has 15 heavy (non-hydrogen) atoms. The zero-order valence-corrected chi connectivity index (χ0v) is 8.79. The molecule has 1 rings (SSSR count). The van der Waals surface area contributed by atoms with E-state index in [1.807, 2.05) is 25.1 Å². The summed E-state index contributed by atoms with van der Waals surface area (Å²) in [6, 6.07) is 5.54. The van der Waals surface area contributed by atoms with Crippen molar-refractivity contribution in [3.8, 4) is 18.1 Å². The molecule has 0 aliphatic rings. The van der Waals surface area contributed by atoms with Gasteiger partial charge in [0.05, 0.1) is 19.8 Å². The van der Waals surface area contributed by atoms with Gasteiger partial charge in [-0.15, -0.1) is 6.42 Å². The van der Waals surface area contributed by atoms with E-state index in [2.05, 4.69) is 11.2 Å². The van der Waals surface area contributed by atoms with E-state index in [0.29, 0.717) is 18.9 Å². The lowest BCUT2D eigenvalue weighted by atomic mass is 10.2. The zero-order valence-electron chi connectivity index (χ0n) is 8.79. The minimum absolute atomic E-state index is 0.0408. The Labute approximate surface area is 90.1 Å². The lowest BCUT2D eigenvalue weighted by molar-refractivity contribution is 0.267. The Balaban J connectivity index is 2.82. The third kappa shape index (κ3) is 3.19. The average molecular weight is 205 g/mol. The van der Waals surface area contributed by atoms with E-state index >= 15 is 0 Å². The molecule has 2 N–H and O–H groups in total. The normalized spacial score (nSPS) is 9.40. The summed E-state index contributed by atoms with van der Waals surface area (Å²) in [7, 11) is 0. The molecule has 0 fully saturated rings. The molecular formula is C12H15NO2. The Kier molecular flexibility index (Phi) is 4.52. The number of hydrogen-bond donors (Lipinski definition) is 2. The number of ether oxygens (including phenoxy) is 1. The molecule has 3 heteroatoms. The van der Waals surface area contributed by atoms with E-state index in [-0.39, 0.29) is 6.61 Å². The number of rotatable bonds is 5. The fourth-order valence-electron chi connectivity index (χ4n) is 1.26. The highest BCUT2D eigenvalue weighted by molar-refractivity contribution is 5.51. The van der Waals surface area contributed by atoms with Crippen molar-refractivity contribution in [1.82, 2.24) is 0 Å². The van der Waals surface area contributed by atoms with Crippen molar-refractivity contribution in [2.75, 3.05) is 18.5 Å². The third-order valence-corrected chi connectivity index (χ3v) is 1.93. The second kappa shape index (κ2) is 5.94. The Morgan fingerprint density at radius 2 is 2.33 bits per heavy atom. The van der Waals surface area contributed by atoms with Crippen LogP contribution in [0.5, 0.6) is 5.75 Å². The quantitative estimate of drug-likeness (QED) is 0.718. The van der Waals surface area contributed by atoms with E-state index in [1.54, 1.807) is 0 Å². The fourth-order valence-corrected chi connectivity index (χ4v) is 1.26. The summed E-state index contributed by atoms with van der Waals surface area (Å²) in [6.07, 6.45) is 5.14. The Morgan fingerprint density at radius 1 is 1.53 bits per heavy atom. The molecule has 0 unspecified atom stereocenters. The molecular weight excluding hydrogens is 190 g/mol. The first-order valence-corrected chi connectivity index (χ1v) is 4.85. The van der Waals surface area contributed by atoms with Crippen LogP contribution in [0.15, 0.2) is 18.2 Å². The molecule has 0 aliphatic heterocycles. The number of hydrogen-bond acceptors (Lipinski definition) is 3. The predicted octanol–water partition coefficient (Wildman–Crippen LogP) is 1.62. The number of terminal acetylenes is 1. The summed E-state index contributed by atoms with van der Waals surface area (Å²) in [5, 5.41) is 12.2. The summed E-state index contributed by atoms with van der Waals surface area (Å²) < 4.78 is 5.36. The van der Waals surface area contributed by atoms with E-state index in [0.717, 1.165) is 11.3 Å². The summed E-state index contributed by atoms with van der Waals surface area (Å²) in [4.78, 5) is 0. The molecule has 0 aromatic heterocycles. The van der Waals surface area contributed by atoms with Gasteiger partial charge in [0.15, 0.2) is 0 Å². The molecule has 80 valence electrons. The van der Waals surface area contributed by atoms with E-state index < -0.39 is 0 Å². The van der Waals surface area contributed by atoms with Crippen molar-refractivity contribution >= 4 is 5.69 Å². The van der Waals surface area contributed by atoms with Crippen LogP contribution in [0.2, 0.25) is 0 Å². The molecule has 0 spiro atoms. The number of anilines is 1. The zero-order chi connectivity index (χ0) is 11.1. The van der Waals surface area contributed by atoms with Crippen molar-refractivity contribution < 1.29 is 9.84 Å². The lowest BCUT2D eigenvalue weighted by Crippen LogP contribution is -2.01. The predicted molar refractivity (Wildman–Crippen MR) is 60.9 cm³/mol. The second-order valence-electron chi connectivity index (χ2n) is 2.97. The van der Waals surface area contributed by atoms with Gasteiger partial charge < -0.3 is 15.2 Å². The first kappa shape index (κ1) is 11.4. The average Bonchev–Trinajstić information content (AvgIpc) is 2.28. The van der Waals surface area contributed by atoms with Gasteiger partial charge in [-0.25, -0.2) is 0 Å². The molecule has 1 aromatic carbocycles. The van der Waals surface area contributed by atoms with Gasteiger partial charge in [0.2, 0.25) is 0 Å². The van der Waals surface area contributed by atoms with Gasteiger partial charge in [-0.1, -0.05) is 5.92 Å². The van der Waals surface area contributed by atoms with Crippen molar-refractivity contribution in [2.45, 2.75) is 13.5 Å². The number of aliphatic hydroxyl groups is 1. The SMILES string of the molecule is C#CCNc1ccc(OCC)c(CO)c1. The van der Waals surface area contributed by atoms with E-state index in [9.17, 15) is 0 Å². The lowest BCUT2D eigenvalue weighted by Gasteiger charge is -2.10. The summed E-state index contributed by atoms with van der Waals surface area (Å²) in [5.41, 5.74) is 1.65. The van der Waals surface area contributed by atoms with Gasteiger partial charge in [-0.3, -0.25) is 0 Å². The Bertz CT molecular complexity index is 355. The van der Waals surface area contributed by atoms with Crippen molar-refractivity contribution in [2.24, 2.45) is 0 Å². The van der Waals surface area contributed by atoms with E-state index in [1.165, 1.54) is 0 Å². The molecule has 0 heterocycles. The second-order valence-corrected chi connectivity index (χ2v) is 2.97. The van der Waals surface area contributed by atoms with Gasteiger partial charge in [0.1, 0.15) is 5.75 Å². The molecule has 3 nitrogen and oxygen atoms in total. The van der Waals surface area contributed by atoms with Crippen LogP contribution >= 0.6 is 0 Å². The summed E-state index contributed by atoms with van der Waals surface area (Å²) >= 11 is 0. The first-order chi connectivity index (χ1) is 7.31. The van der Waals surface area contributed by atoms with Crippen molar-refractivity contribution in [3.05, 3.63) is 23.8 Å². The Hall–Kier alpha value is -1.66. The number of aliphatic hydroxyl groups excluding tert-OH is 1. The van der Waals surface area contributed by atoms with Crippen LogP contribution < -0.4 is 10.1 Å². The molecule has 0 saturated carbocycles. The molecule has 0 amide bonds. The van der Waals surface area contributed by atoms with Gasteiger partial charge in [-0.2, -0.15) is 0 Å². The molecule has 0 saturated heterocycles. The highest BCUT2D eigenvalue weighted by Gasteiger charge is 2.03. The van der Waals surface area contributed by atoms with Crippen LogP contribution in [-0.2, 0) is 6.61 Å². The minimum atomic E-state index is -0.0408. The largest absolute Gasteiger partial charge is 0.494 e. The van der Waals surface area contributed by atoms with Gasteiger partial charge >= 0.3 is 0 Å². The molecule has 0 bridgehead atoms. The van der Waals surface area contributed by atoms with Gasteiger partial charge in [0, 0.05) is 11.3 Å². The Morgan fingerprint density at radius 3 is 2.93 bits per heavy atom. The standard InChI is InChI=1S/C12H15NO2/c1-3-7-13-11-5-6-12(15-4-2)10(8-11)9-14/h1,5-6,8,13-14H,4,7,9H2,2H3. The van der Waals surface area contributed by atoms with Crippen LogP contribution in [0.1, 0.15) is 12.5 Å². The maximum atomic E-state index is 9.15. The topological polar surface area (TPSA) is 41.5 Å². The van der Waals surface area contributed by atoms with E-state index in [4.69, 9.17) is 16.3 Å². The molecule has 0 aliphatic carbocycles. The highest BCUT2D eigenvalue weighted by Crippen LogP contribution is 2.22. The fraction of sp³-hybridized carbons (Fsp3) is 0.333. The maximum absolute atomic E-state index is 9.15. The van der Waals surface area contributed by atoms with Crippen LogP contribution in [0, 0.1) is 12.3 Å². The van der Waals surface area contributed by atoms with Crippen LogP contribution in [0.4, 0.5) is 5.69 Å². The summed E-state index contributed by atoms with van der Waals surface area (Å²) in [6.45, 7) is 2.93. The monoisotopic (exact) mass is 205 g/mol. The highest BCUT2D eigenvalue weighted by atomic mass is 16.5. The van der Waals surface area contributed by atoms with Crippen molar-refractivity contribution in [1.29, 1.82) is 0 Å². The first-order valence-electron chi connectivity index (χ1n) is 4.85. The van der Waals surface area contributed by atoms with Gasteiger partial charge in [-0.05, 0) is 25.1 Å². The smallest absolute Gasteiger partial charge is 0.124 e. The molecule has 0 radical (unpaired) electrons. The number of benzene rings is 1. The molecule has 1 aromatic rings. The van der Waals surface area contributed by atoms with Crippen LogP contribution in [0.25, 0.3) is 0 Å². The van der Waals surface area contributed by atoms with Gasteiger partial charge in [0.25, 0.3) is 0 Å². The minimum Gasteiger partial charge on any atom is -0.494 e. The summed E-state index contributed by atoms with van der Waals surface area (Å²) in [5.74, 6) is 3.20. The number of nitrogens with one attached hydrogen (secondary N) is 1. The van der Waals surface area contributed by atoms with Crippen LogP contribution in [-0.4, -0.2) is 18.3 Å². The maximum Gasteiger partial charge on any atom is 0.124 e.